The van der Waals surface area contributed by atoms with Gasteiger partial charge in [0, 0.05) is 46.4 Å². The van der Waals surface area contributed by atoms with Crippen LogP contribution in [0.3, 0.4) is 0 Å². The lowest BCUT2D eigenvalue weighted by Crippen LogP contribution is -2.79. The molecular weight excluding hydrogens is 648 g/mol. The van der Waals surface area contributed by atoms with Crippen LogP contribution in [-0.4, -0.2) is 65.1 Å². The molecule has 1 aromatic heterocycles. The maximum absolute atomic E-state index is 14.1. The predicted octanol–water partition coefficient (Wildman–Crippen LogP) is 7.04. The number of ether oxygens (including phenoxy) is 2. The molecule has 2 aromatic carbocycles. The van der Waals surface area contributed by atoms with Crippen molar-refractivity contribution in [1.82, 2.24) is 9.80 Å². The summed E-state index contributed by atoms with van der Waals surface area (Å²) in [6.07, 6.45) is 7.33. The molecule has 0 unspecified atom stereocenters. The van der Waals surface area contributed by atoms with Crippen LogP contribution in [0.1, 0.15) is 61.6 Å². The van der Waals surface area contributed by atoms with Gasteiger partial charge in [-0.3, -0.25) is 14.5 Å². The molecule has 4 aliphatic rings. The van der Waals surface area contributed by atoms with E-state index in [0.717, 1.165) is 47.5 Å². The highest BCUT2D eigenvalue weighted by Crippen LogP contribution is 2.65. The third kappa shape index (κ3) is 5.17. The third-order valence-corrected chi connectivity index (χ3v) is 12.1. The van der Waals surface area contributed by atoms with Crippen LogP contribution in [0.4, 0.5) is 0 Å². The minimum absolute atomic E-state index is 0.00189. The molecule has 0 N–H and O–H groups in total. The van der Waals surface area contributed by atoms with Crippen LogP contribution in [0.2, 0.25) is 0 Å². The van der Waals surface area contributed by atoms with Crippen LogP contribution < -0.4 is 4.74 Å². The second-order valence-electron chi connectivity index (χ2n) is 13.5. The van der Waals surface area contributed by atoms with E-state index in [1.807, 2.05) is 17.5 Å². The number of amides is 1. The zero-order valence-electron chi connectivity index (χ0n) is 26.2. The number of halogens is 1. The Kier molecular flexibility index (Phi) is 8.20. The van der Waals surface area contributed by atoms with E-state index >= 15 is 0 Å². The standard InChI is InChI=1S/C37H41BrN2O4S/c1-24(2)22-40(33(42)13-12-29-21-28(38)23-45-29)30-14-16-37(44-25(3)41)32-20-27-10-7-11-31-34(27)36(37,35(30)43-31)17-19-39(32)18-15-26-8-5-4-6-9-26/h4-13,21,23-24,30,32,35H,14-20,22H2,1-3H3/b13-12+/t30-,32+,35-,36-,37+/m0/s1. The summed E-state index contributed by atoms with van der Waals surface area (Å²) in [4.78, 5) is 32.8. The van der Waals surface area contributed by atoms with E-state index in [9.17, 15) is 9.59 Å². The van der Waals surface area contributed by atoms with Crippen molar-refractivity contribution in [2.75, 3.05) is 19.6 Å². The van der Waals surface area contributed by atoms with Crippen molar-refractivity contribution in [3.8, 4) is 5.75 Å². The fourth-order valence-electron chi connectivity index (χ4n) is 8.96. The molecule has 3 heterocycles. The second kappa shape index (κ2) is 12.0. The predicted molar refractivity (Wildman–Crippen MR) is 181 cm³/mol. The number of carbonyl (C=O) groups is 2. The van der Waals surface area contributed by atoms with Gasteiger partial charge in [-0.25, -0.2) is 0 Å². The molecule has 45 heavy (non-hydrogen) atoms. The smallest absolute Gasteiger partial charge is 0.303 e. The molecular formula is C37H41BrN2O4S. The first-order valence-electron chi connectivity index (χ1n) is 16.2. The molecule has 2 fully saturated rings. The Labute approximate surface area is 278 Å². The average Bonchev–Trinajstić information content (AvgIpc) is 3.59. The molecule has 1 spiro atoms. The number of hydrogen-bond donors (Lipinski definition) is 0. The molecule has 6 nitrogen and oxygen atoms in total. The van der Waals surface area contributed by atoms with Gasteiger partial charge in [-0.05, 0) is 89.8 Å². The van der Waals surface area contributed by atoms with Gasteiger partial charge in [-0.2, -0.15) is 0 Å². The van der Waals surface area contributed by atoms with Crippen LogP contribution in [0.25, 0.3) is 6.08 Å². The van der Waals surface area contributed by atoms with Crippen molar-refractivity contribution in [3.63, 3.8) is 0 Å². The molecule has 1 amide bonds. The Morgan fingerprint density at radius 2 is 2.00 bits per heavy atom. The van der Waals surface area contributed by atoms with Crippen molar-refractivity contribution in [3.05, 3.63) is 92.1 Å². The number of rotatable bonds is 9. The molecule has 8 heteroatoms. The van der Waals surface area contributed by atoms with E-state index < -0.39 is 11.0 Å². The fourth-order valence-corrected chi connectivity index (χ4v) is 10.3. The molecule has 1 saturated heterocycles. The monoisotopic (exact) mass is 688 g/mol. The fraction of sp³-hybridized carbons (Fsp3) is 0.459. The average molecular weight is 690 g/mol. The summed E-state index contributed by atoms with van der Waals surface area (Å²) in [6, 6.07) is 19.0. The zero-order chi connectivity index (χ0) is 31.3. The van der Waals surface area contributed by atoms with Crippen molar-refractivity contribution >= 4 is 45.2 Å². The molecule has 2 aliphatic heterocycles. The topological polar surface area (TPSA) is 59.1 Å². The first kappa shape index (κ1) is 30.7. The summed E-state index contributed by atoms with van der Waals surface area (Å²) in [6.45, 7) is 8.31. The molecule has 5 atom stereocenters. The Morgan fingerprint density at radius 1 is 1.18 bits per heavy atom. The number of hydrogen-bond acceptors (Lipinski definition) is 6. The van der Waals surface area contributed by atoms with Gasteiger partial charge in [0.25, 0.3) is 0 Å². The lowest BCUT2D eigenvalue weighted by molar-refractivity contribution is -0.224. The second-order valence-corrected chi connectivity index (χ2v) is 15.4. The maximum atomic E-state index is 14.1. The molecule has 3 aromatic rings. The minimum atomic E-state index is -0.722. The Bertz CT molecular complexity index is 1620. The van der Waals surface area contributed by atoms with E-state index in [1.54, 1.807) is 24.3 Å². The molecule has 2 bridgehead atoms. The van der Waals surface area contributed by atoms with Crippen molar-refractivity contribution in [1.29, 1.82) is 0 Å². The lowest BCUT2D eigenvalue weighted by Gasteiger charge is -2.65. The van der Waals surface area contributed by atoms with Crippen LogP contribution in [-0.2, 0) is 32.6 Å². The molecule has 2 aliphatic carbocycles. The van der Waals surface area contributed by atoms with Crippen LogP contribution in [0, 0.1) is 5.92 Å². The van der Waals surface area contributed by atoms with Crippen LogP contribution in [0.5, 0.6) is 5.75 Å². The summed E-state index contributed by atoms with van der Waals surface area (Å²) in [5, 5.41) is 2.03. The number of thiophene rings is 1. The minimum Gasteiger partial charge on any atom is -0.487 e. The molecule has 7 rings (SSSR count). The number of benzene rings is 2. The lowest BCUT2D eigenvalue weighted by atomic mass is 9.48. The van der Waals surface area contributed by atoms with Crippen molar-refractivity contribution in [2.45, 2.75) is 82.1 Å². The van der Waals surface area contributed by atoms with Crippen molar-refractivity contribution < 1.29 is 19.1 Å². The Hall–Kier alpha value is -2.94. The molecule has 1 saturated carbocycles. The van der Waals surface area contributed by atoms with Gasteiger partial charge < -0.3 is 14.4 Å². The van der Waals surface area contributed by atoms with Gasteiger partial charge in [0.1, 0.15) is 17.5 Å². The quantitative estimate of drug-likeness (QED) is 0.178. The van der Waals surface area contributed by atoms with Crippen molar-refractivity contribution in [2.24, 2.45) is 5.92 Å². The van der Waals surface area contributed by atoms with Gasteiger partial charge in [0.2, 0.25) is 5.91 Å². The number of carbonyl (C=O) groups excluding carboxylic acids is 2. The first-order valence-corrected chi connectivity index (χ1v) is 17.9. The Morgan fingerprint density at radius 3 is 2.73 bits per heavy atom. The summed E-state index contributed by atoms with van der Waals surface area (Å²) in [7, 11) is 0. The third-order valence-electron chi connectivity index (χ3n) is 10.5. The number of esters is 1. The highest BCUT2D eigenvalue weighted by molar-refractivity contribution is 9.10. The van der Waals surface area contributed by atoms with E-state index in [2.05, 4.69) is 88.1 Å². The number of likely N-dealkylation sites (tertiary alicyclic amines) is 1. The SMILES string of the molecule is CC(=O)O[C@@]12CC[C@H](N(CC(C)C)C(=O)/C=C/c3cc(Br)cs3)[C@@H]3Oc4cccc5c4[C@@]31CCN(CCc1ccccc1)[C@@H]2C5. The molecule has 236 valence electrons. The Balaban J connectivity index is 1.28. The van der Waals surface area contributed by atoms with E-state index in [0.29, 0.717) is 19.4 Å². The summed E-state index contributed by atoms with van der Waals surface area (Å²) in [5.74, 6) is 0.943. The van der Waals surface area contributed by atoms with E-state index in [-0.39, 0.29) is 36.0 Å². The highest BCUT2D eigenvalue weighted by Gasteiger charge is 2.75. The number of piperidine rings is 1. The normalized spacial score (nSPS) is 28.2. The largest absolute Gasteiger partial charge is 0.487 e. The highest BCUT2D eigenvalue weighted by atomic mass is 79.9. The first-order chi connectivity index (χ1) is 21.7. The summed E-state index contributed by atoms with van der Waals surface area (Å²) >= 11 is 5.13. The van der Waals surface area contributed by atoms with Gasteiger partial charge in [-0.15, -0.1) is 11.3 Å². The van der Waals surface area contributed by atoms with Gasteiger partial charge in [-0.1, -0.05) is 56.3 Å². The maximum Gasteiger partial charge on any atom is 0.303 e. The zero-order valence-corrected chi connectivity index (χ0v) is 28.6. The van der Waals surface area contributed by atoms with E-state index in [1.165, 1.54) is 16.7 Å². The number of nitrogens with zero attached hydrogens (tertiary/aromatic N) is 2. The van der Waals surface area contributed by atoms with Gasteiger partial charge in [0.15, 0.2) is 0 Å². The molecule has 0 radical (unpaired) electrons. The van der Waals surface area contributed by atoms with Crippen LogP contribution in [0.15, 0.2) is 70.5 Å². The van der Waals surface area contributed by atoms with Crippen LogP contribution >= 0.6 is 27.3 Å². The van der Waals surface area contributed by atoms with Gasteiger partial charge in [0.05, 0.1) is 17.5 Å². The summed E-state index contributed by atoms with van der Waals surface area (Å²) in [5.41, 5.74) is 2.58. The summed E-state index contributed by atoms with van der Waals surface area (Å²) < 4.78 is 14.7. The van der Waals surface area contributed by atoms with Gasteiger partial charge >= 0.3 is 5.97 Å². The van der Waals surface area contributed by atoms with E-state index in [4.69, 9.17) is 9.47 Å².